The van der Waals surface area contributed by atoms with Gasteiger partial charge in [0.1, 0.15) is 5.75 Å². The molecule has 1 aliphatic rings. The van der Waals surface area contributed by atoms with Crippen LogP contribution in [-0.4, -0.2) is 88.6 Å². The van der Waals surface area contributed by atoms with E-state index < -0.39 is 16.0 Å². The minimum absolute atomic E-state index is 0.000221. The van der Waals surface area contributed by atoms with Crippen molar-refractivity contribution in [3.05, 3.63) is 48.0 Å². The van der Waals surface area contributed by atoms with Crippen molar-refractivity contribution in [3.63, 3.8) is 0 Å². The summed E-state index contributed by atoms with van der Waals surface area (Å²) < 4.78 is 33.3. The fraction of sp³-hybridized carbons (Fsp3) is 0.391. The van der Waals surface area contributed by atoms with Gasteiger partial charge in [0.15, 0.2) is 0 Å². The molecule has 2 aromatic carbocycles. The fourth-order valence-corrected chi connectivity index (χ4v) is 4.66. The SMILES string of the molecule is CCOc1ccc(S(=O)(=O)Nc2ccc(N3CCN(CC(=O)N(C)C)CC3)cc2C(=O)O)cc1. The smallest absolute Gasteiger partial charge is 0.337 e. The lowest BCUT2D eigenvalue weighted by Gasteiger charge is -2.36. The molecular formula is C23H30N4O6S. The van der Waals surface area contributed by atoms with Gasteiger partial charge in [-0.3, -0.25) is 14.4 Å². The molecule has 0 saturated carbocycles. The molecule has 0 bridgehead atoms. The number of ether oxygens (including phenoxy) is 1. The second-order valence-corrected chi connectivity index (χ2v) is 9.78. The number of likely N-dealkylation sites (N-methyl/N-ethyl adjacent to an activating group) is 1. The summed E-state index contributed by atoms with van der Waals surface area (Å²) in [5.74, 6) is -0.657. The summed E-state index contributed by atoms with van der Waals surface area (Å²) in [5.41, 5.74) is 0.526. The molecule has 1 saturated heterocycles. The Balaban J connectivity index is 1.73. The lowest BCUT2D eigenvalue weighted by atomic mass is 10.1. The van der Waals surface area contributed by atoms with Crippen LogP contribution in [0.1, 0.15) is 17.3 Å². The molecule has 34 heavy (non-hydrogen) atoms. The van der Waals surface area contributed by atoms with Crippen molar-refractivity contribution in [1.82, 2.24) is 9.80 Å². The van der Waals surface area contributed by atoms with Gasteiger partial charge < -0.3 is 19.6 Å². The average Bonchev–Trinajstić information content (AvgIpc) is 2.80. The van der Waals surface area contributed by atoms with E-state index in [0.29, 0.717) is 50.8 Å². The van der Waals surface area contributed by atoms with Gasteiger partial charge in [-0.25, -0.2) is 13.2 Å². The average molecular weight is 491 g/mol. The highest BCUT2D eigenvalue weighted by molar-refractivity contribution is 7.92. The van der Waals surface area contributed by atoms with E-state index >= 15 is 0 Å². The Kier molecular flexibility index (Phi) is 8.00. The van der Waals surface area contributed by atoms with E-state index in [1.165, 1.54) is 24.3 Å². The fourth-order valence-electron chi connectivity index (χ4n) is 3.58. The van der Waals surface area contributed by atoms with Crippen molar-refractivity contribution in [3.8, 4) is 5.75 Å². The minimum Gasteiger partial charge on any atom is -0.494 e. The third-order valence-electron chi connectivity index (χ3n) is 5.52. The molecule has 3 rings (SSSR count). The van der Waals surface area contributed by atoms with Gasteiger partial charge in [-0.15, -0.1) is 0 Å². The van der Waals surface area contributed by atoms with Crippen LogP contribution in [0, 0.1) is 0 Å². The molecule has 0 spiro atoms. The monoisotopic (exact) mass is 490 g/mol. The number of rotatable bonds is 9. The number of anilines is 2. The highest BCUT2D eigenvalue weighted by Gasteiger charge is 2.23. The number of piperazine rings is 1. The van der Waals surface area contributed by atoms with Crippen molar-refractivity contribution >= 4 is 33.3 Å². The van der Waals surface area contributed by atoms with Gasteiger partial charge in [0, 0.05) is 46.0 Å². The molecular weight excluding hydrogens is 460 g/mol. The molecule has 1 aliphatic heterocycles. The number of carboxylic acid groups (broad SMARTS) is 1. The summed E-state index contributed by atoms with van der Waals surface area (Å²) in [5, 5.41) is 9.72. The summed E-state index contributed by atoms with van der Waals surface area (Å²) in [7, 11) is -0.550. The molecule has 184 valence electrons. The van der Waals surface area contributed by atoms with Gasteiger partial charge in [-0.2, -0.15) is 0 Å². The van der Waals surface area contributed by atoms with E-state index in [1.54, 1.807) is 37.2 Å². The number of amides is 1. The Labute approximate surface area is 199 Å². The number of nitrogens with zero attached hydrogens (tertiary/aromatic N) is 3. The molecule has 1 fully saturated rings. The van der Waals surface area contributed by atoms with Gasteiger partial charge in [0.2, 0.25) is 5.91 Å². The van der Waals surface area contributed by atoms with E-state index in [1.807, 2.05) is 11.8 Å². The van der Waals surface area contributed by atoms with E-state index in [4.69, 9.17) is 4.74 Å². The maximum absolute atomic E-state index is 12.8. The summed E-state index contributed by atoms with van der Waals surface area (Å²) in [6.45, 7) is 5.20. The first-order valence-electron chi connectivity index (χ1n) is 10.9. The summed E-state index contributed by atoms with van der Waals surface area (Å²) in [4.78, 5) is 29.5. The largest absolute Gasteiger partial charge is 0.494 e. The number of carbonyl (C=O) groups is 2. The topological polar surface area (TPSA) is 119 Å². The number of hydrogen-bond acceptors (Lipinski definition) is 7. The number of hydrogen-bond donors (Lipinski definition) is 2. The summed E-state index contributed by atoms with van der Waals surface area (Å²) in [6.07, 6.45) is 0. The first-order chi connectivity index (χ1) is 16.1. The Morgan fingerprint density at radius 1 is 1.06 bits per heavy atom. The molecule has 0 radical (unpaired) electrons. The zero-order valence-electron chi connectivity index (χ0n) is 19.5. The van der Waals surface area contributed by atoms with Crippen molar-refractivity contribution in [2.24, 2.45) is 0 Å². The quantitative estimate of drug-likeness (QED) is 0.546. The van der Waals surface area contributed by atoms with Crippen LogP contribution in [0.4, 0.5) is 11.4 Å². The zero-order valence-corrected chi connectivity index (χ0v) is 20.3. The molecule has 11 heteroatoms. The number of benzene rings is 2. The normalized spacial score (nSPS) is 14.5. The van der Waals surface area contributed by atoms with Crippen LogP contribution >= 0.6 is 0 Å². The molecule has 0 atom stereocenters. The molecule has 2 aromatic rings. The van der Waals surface area contributed by atoms with Crippen molar-refractivity contribution in [2.45, 2.75) is 11.8 Å². The Hall–Kier alpha value is -3.31. The molecule has 0 aromatic heterocycles. The van der Waals surface area contributed by atoms with Crippen molar-refractivity contribution < 1.29 is 27.9 Å². The van der Waals surface area contributed by atoms with Crippen LogP contribution in [0.3, 0.4) is 0 Å². The third-order valence-corrected chi connectivity index (χ3v) is 6.90. The molecule has 0 unspecified atom stereocenters. The maximum atomic E-state index is 12.8. The molecule has 0 aliphatic carbocycles. The minimum atomic E-state index is -3.99. The number of nitrogens with one attached hydrogen (secondary N) is 1. The number of carbonyl (C=O) groups excluding carboxylic acids is 1. The standard InChI is InChI=1S/C23H30N4O6S/c1-4-33-18-6-8-19(9-7-18)34(31,32)24-21-10-5-17(15-20(21)23(29)30)27-13-11-26(12-14-27)16-22(28)25(2)3/h5-10,15,24H,4,11-14,16H2,1-3H3,(H,29,30). The molecule has 1 amide bonds. The molecule has 10 nitrogen and oxygen atoms in total. The van der Waals surface area contributed by atoms with Crippen LogP contribution in [0.5, 0.6) is 5.75 Å². The molecule has 2 N–H and O–H groups in total. The molecule has 1 heterocycles. The lowest BCUT2D eigenvalue weighted by Crippen LogP contribution is -2.49. The number of sulfonamides is 1. The first-order valence-corrected chi connectivity index (χ1v) is 12.4. The highest BCUT2D eigenvalue weighted by Crippen LogP contribution is 2.27. The maximum Gasteiger partial charge on any atom is 0.337 e. The van der Waals surface area contributed by atoms with Crippen LogP contribution in [-0.2, 0) is 14.8 Å². The van der Waals surface area contributed by atoms with Gasteiger partial charge in [0.25, 0.3) is 10.0 Å². The van der Waals surface area contributed by atoms with Crippen LogP contribution in [0.25, 0.3) is 0 Å². The Morgan fingerprint density at radius 3 is 2.26 bits per heavy atom. The van der Waals surface area contributed by atoms with Crippen molar-refractivity contribution in [1.29, 1.82) is 0 Å². The second kappa shape index (κ2) is 10.7. The van der Waals surface area contributed by atoms with Crippen LogP contribution in [0.15, 0.2) is 47.4 Å². The van der Waals surface area contributed by atoms with Crippen LogP contribution in [0.2, 0.25) is 0 Å². The van der Waals surface area contributed by atoms with E-state index in [0.717, 1.165) is 0 Å². The zero-order chi connectivity index (χ0) is 24.9. The van der Waals surface area contributed by atoms with E-state index in [-0.39, 0.29) is 22.1 Å². The first kappa shape index (κ1) is 25.3. The third kappa shape index (κ3) is 6.17. The lowest BCUT2D eigenvalue weighted by molar-refractivity contribution is -0.129. The number of aromatic carboxylic acids is 1. The van der Waals surface area contributed by atoms with E-state index in [2.05, 4.69) is 9.62 Å². The predicted molar refractivity (Wildman–Crippen MR) is 129 cm³/mol. The second-order valence-electron chi connectivity index (χ2n) is 8.10. The van der Waals surface area contributed by atoms with Gasteiger partial charge in [-0.1, -0.05) is 0 Å². The van der Waals surface area contributed by atoms with E-state index in [9.17, 15) is 23.1 Å². The number of carboxylic acids is 1. The Bertz CT molecular complexity index is 1130. The van der Waals surface area contributed by atoms with Gasteiger partial charge in [0.05, 0.1) is 29.3 Å². The van der Waals surface area contributed by atoms with Crippen LogP contribution < -0.4 is 14.4 Å². The summed E-state index contributed by atoms with van der Waals surface area (Å²) in [6, 6.07) is 10.5. The summed E-state index contributed by atoms with van der Waals surface area (Å²) >= 11 is 0. The highest BCUT2D eigenvalue weighted by atomic mass is 32.2. The van der Waals surface area contributed by atoms with Crippen molar-refractivity contribution in [2.75, 3.05) is 63.0 Å². The predicted octanol–water partition coefficient (Wildman–Crippen LogP) is 1.79. The van der Waals surface area contributed by atoms with Gasteiger partial charge in [-0.05, 0) is 49.4 Å². The Morgan fingerprint density at radius 2 is 1.71 bits per heavy atom. The van der Waals surface area contributed by atoms with Gasteiger partial charge >= 0.3 is 5.97 Å².